The summed E-state index contributed by atoms with van der Waals surface area (Å²) in [5.74, 6) is 0.330. The minimum absolute atomic E-state index is 0.275. The van der Waals surface area contributed by atoms with Gasteiger partial charge in [0, 0.05) is 0 Å². The highest BCUT2D eigenvalue weighted by molar-refractivity contribution is 7.92. The summed E-state index contributed by atoms with van der Waals surface area (Å²) >= 11 is 0. The Labute approximate surface area is 171 Å². The molecule has 29 heavy (non-hydrogen) atoms. The van der Waals surface area contributed by atoms with Crippen molar-refractivity contribution in [1.29, 1.82) is 0 Å². The van der Waals surface area contributed by atoms with Crippen LogP contribution in [0.2, 0.25) is 0 Å². The molecule has 0 aliphatic carbocycles. The zero-order valence-electron chi connectivity index (χ0n) is 16.5. The van der Waals surface area contributed by atoms with Gasteiger partial charge in [-0.2, -0.15) is 0 Å². The number of anilines is 1. The van der Waals surface area contributed by atoms with Crippen molar-refractivity contribution in [3.8, 4) is 5.75 Å². The average molecular weight is 413 g/mol. The topological polar surface area (TPSA) is 75.7 Å². The van der Waals surface area contributed by atoms with E-state index in [1.165, 1.54) is 0 Å². The van der Waals surface area contributed by atoms with Crippen molar-refractivity contribution in [1.82, 2.24) is 5.32 Å². The smallest absolute Gasteiger partial charge is 0.240 e. The highest BCUT2D eigenvalue weighted by atomic mass is 32.2. The van der Waals surface area contributed by atoms with Gasteiger partial charge in [0.1, 0.15) is 18.9 Å². The number of amides is 1. The molecule has 3 aromatic carbocycles. The Morgan fingerprint density at radius 2 is 1.69 bits per heavy atom. The van der Waals surface area contributed by atoms with Crippen LogP contribution in [-0.4, -0.2) is 40.3 Å². The van der Waals surface area contributed by atoms with Gasteiger partial charge in [-0.05, 0) is 41.5 Å². The van der Waals surface area contributed by atoms with E-state index in [-0.39, 0.29) is 25.6 Å². The molecule has 3 aromatic rings. The van der Waals surface area contributed by atoms with Gasteiger partial charge in [0.05, 0.1) is 18.5 Å². The molecule has 1 amide bonds. The van der Waals surface area contributed by atoms with Crippen molar-refractivity contribution >= 4 is 32.4 Å². The molecule has 0 fully saturated rings. The Hall–Kier alpha value is -3.06. The first-order chi connectivity index (χ1) is 13.8. The number of sulfonamides is 1. The summed E-state index contributed by atoms with van der Waals surface area (Å²) in [6.07, 6.45) is 1.09. The molecule has 0 aliphatic rings. The Balaban J connectivity index is 1.54. The van der Waals surface area contributed by atoms with E-state index in [1.807, 2.05) is 61.5 Å². The van der Waals surface area contributed by atoms with E-state index < -0.39 is 10.0 Å². The van der Waals surface area contributed by atoms with Crippen molar-refractivity contribution in [2.45, 2.75) is 6.92 Å². The number of hydrogen-bond acceptors (Lipinski definition) is 4. The molecular formula is C22H24N2O4S. The second-order valence-electron chi connectivity index (χ2n) is 6.76. The fourth-order valence-corrected chi connectivity index (χ4v) is 3.94. The highest BCUT2D eigenvalue weighted by Gasteiger charge is 2.21. The summed E-state index contributed by atoms with van der Waals surface area (Å²) in [5.41, 5.74) is 1.28. The zero-order chi connectivity index (χ0) is 20.9. The fourth-order valence-electron chi connectivity index (χ4n) is 3.03. The molecule has 6 nitrogen and oxygen atoms in total. The van der Waals surface area contributed by atoms with E-state index in [0.717, 1.165) is 32.6 Å². The van der Waals surface area contributed by atoms with Gasteiger partial charge < -0.3 is 10.1 Å². The van der Waals surface area contributed by atoms with E-state index in [4.69, 9.17) is 4.74 Å². The molecule has 0 radical (unpaired) electrons. The Morgan fingerprint density at radius 3 is 2.41 bits per heavy atom. The summed E-state index contributed by atoms with van der Waals surface area (Å²) in [7, 11) is -3.59. The van der Waals surface area contributed by atoms with Gasteiger partial charge in [-0.3, -0.25) is 9.10 Å². The third-order valence-corrected chi connectivity index (χ3v) is 5.61. The quantitative estimate of drug-likeness (QED) is 0.577. The maximum Gasteiger partial charge on any atom is 0.240 e. The van der Waals surface area contributed by atoms with E-state index in [1.54, 1.807) is 12.1 Å². The summed E-state index contributed by atoms with van der Waals surface area (Å²) in [6, 6.07) is 20.9. The van der Waals surface area contributed by atoms with Crippen LogP contribution in [0, 0.1) is 6.92 Å². The molecule has 0 spiro atoms. The molecule has 0 aromatic heterocycles. The molecule has 0 atom stereocenters. The van der Waals surface area contributed by atoms with Gasteiger partial charge in [0.25, 0.3) is 0 Å². The lowest BCUT2D eigenvalue weighted by molar-refractivity contribution is -0.119. The Bertz CT molecular complexity index is 1110. The van der Waals surface area contributed by atoms with E-state index in [2.05, 4.69) is 5.32 Å². The lowest BCUT2D eigenvalue weighted by Crippen LogP contribution is -2.41. The lowest BCUT2D eigenvalue weighted by Gasteiger charge is -2.23. The molecule has 0 aliphatic heterocycles. The predicted octanol–water partition coefficient (Wildman–Crippen LogP) is 3.11. The van der Waals surface area contributed by atoms with Crippen LogP contribution in [0.5, 0.6) is 5.75 Å². The van der Waals surface area contributed by atoms with Crippen molar-refractivity contribution in [2.24, 2.45) is 0 Å². The molecule has 0 saturated carbocycles. The van der Waals surface area contributed by atoms with Gasteiger partial charge in [-0.15, -0.1) is 0 Å². The van der Waals surface area contributed by atoms with Crippen LogP contribution in [-0.2, 0) is 14.8 Å². The third-order valence-electron chi connectivity index (χ3n) is 4.49. The van der Waals surface area contributed by atoms with E-state index in [9.17, 15) is 13.2 Å². The van der Waals surface area contributed by atoms with Gasteiger partial charge >= 0.3 is 0 Å². The van der Waals surface area contributed by atoms with Crippen molar-refractivity contribution in [2.75, 3.05) is 30.3 Å². The average Bonchev–Trinajstić information content (AvgIpc) is 2.69. The molecule has 0 saturated heterocycles. The maximum atomic E-state index is 12.3. The monoisotopic (exact) mass is 412 g/mol. The molecule has 3 rings (SSSR count). The number of nitrogens with zero attached hydrogens (tertiary/aromatic N) is 1. The first-order valence-electron chi connectivity index (χ1n) is 9.26. The van der Waals surface area contributed by atoms with Gasteiger partial charge in [0.2, 0.25) is 15.9 Å². The summed E-state index contributed by atoms with van der Waals surface area (Å²) in [4.78, 5) is 12.3. The number of carbonyl (C=O) groups excluding carboxylic acids is 1. The number of nitrogens with one attached hydrogen (secondary N) is 1. The number of para-hydroxylation sites is 1. The Morgan fingerprint density at radius 1 is 1.00 bits per heavy atom. The predicted molar refractivity (Wildman–Crippen MR) is 116 cm³/mol. The minimum atomic E-state index is -3.59. The van der Waals surface area contributed by atoms with Crippen LogP contribution in [0.15, 0.2) is 66.7 Å². The van der Waals surface area contributed by atoms with Crippen LogP contribution in [0.4, 0.5) is 5.69 Å². The zero-order valence-corrected chi connectivity index (χ0v) is 17.3. The van der Waals surface area contributed by atoms with Gasteiger partial charge in [-0.25, -0.2) is 8.42 Å². The SMILES string of the molecule is Cc1ccccc1N(CC(=O)NCCOc1ccc2ccccc2c1)S(C)(=O)=O. The molecule has 0 bridgehead atoms. The number of rotatable bonds is 8. The first-order valence-corrected chi connectivity index (χ1v) is 11.1. The number of benzene rings is 3. The standard InChI is InChI=1S/C22H24N2O4S/c1-17-7-3-6-10-21(17)24(29(2,26)27)16-22(25)23-13-14-28-20-12-11-18-8-4-5-9-19(18)15-20/h3-12,15H,13-14,16H2,1-2H3,(H,23,25). The number of fused-ring (bicyclic) bond motifs is 1. The maximum absolute atomic E-state index is 12.3. The number of aryl methyl sites for hydroxylation is 1. The molecule has 7 heteroatoms. The molecule has 152 valence electrons. The highest BCUT2D eigenvalue weighted by Crippen LogP contribution is 2.22. The van der Waals surface area contributed by atoms with Crippen LogP contribution in [0.1, 0.15) is 5.56 Å². The third kappa shape index (κ3) is 5.48. The van der Waals surface area contributed by atoms with Crippen molar-refractivity contribution < 1.29 is 17.9 Å². The summed E-state index contributed by atoms with van der Waals surface area (Å²) in [5, 5.41) is 4.92. The molecule has 0 unspecified atom stereocenters. The Kier molecular flexibility index (Phi) is 6.39. The first kappa shape index (κ1) is 20.7. The number of ether oxygens (including phenoxy) is 1. The van der Waals surface area contributed by atoms with Gasteiger partial charge in [-0.1, -0.05) is 48.5 Å². The fraction of sp³-hybridized carbons (Fsp3) is 0.227. The largest absolute Gasteiger partial charge is 0.492 e. The molecule has 1 N–H and O–H groups in total. The molecule has 0 heterocycles. The normalized spacial score (nSPS) is 11.2. The van der Waals surface area contributed by atoms with Crippen molar-refractivity contribution in [3.63, 3.8) is 0 Å². The van der Waals surface area contributed by atoms with Crippen LogP contribution < -0.4 is 14.4 Å². The minimum Gasteiger partial charge on any atom is -0.492 e. The number of carbonyl (C=O) groups is 1. The second-order valence-corrected chi connectivity index (χ2v) is 8.67. The lowest BCUT2D eigenvalue weighted by atomic mass is 10.1. The van der Waals surface area contributed by atoms with Crippen LogP contribution in [0.25, 0.3) is 10.8 Å². The number of hydrogen-bond donors (Lipinski definition) is 1. The van der Waals surface area contributed by atoms with Crippen LogP contribution >= 0.6 is 0 Å². The summed E-state index contributed by atoms with van der Waals surface area (Å²) < 4.78 is 31.1. The summed E-state index contributed by atoms with van der Waals surface area (Å²) in [6.45, 7) is 2.09. The second kappa shape index (κ2) is 8.96. The van der Waals surface area contributed by atoms with E-state index >= 15 is 0 Å². The van der Waals surface area contributed by atoms with Gasteiger partial charge in [0.15, 0.2) is 0 Å². The van der Waals surface area contributed by atoms with E-state index in [0.29, 0.717) is 5.69 Å². The molecular weight excluding hydrogens is 388 g/mol. The van der Waals surface area contributed by atoms with Crippen LogP contribution in [0.3, 0.4) is 0 Å². The van der Waals surface area contributed by atoms with Crippen molar-refractivity contribution in [3.05, 3.63) is 72.3 Å².